The Morgan fingerprint density at radius 1 is 1.47 bits per heavy atom. The lowest BCUT2D eigenvalue weighted by atomic mass is 10.1. The molecule has 0 fully saturated rings. The molecule has 1 aromatic carbocycles. The van der Waals surface area contributed by atoms with Gasteiger partial charge in [0.2, 0.25) is 0 Å². The second-order valence-electron chi connectivity index (χ2n) is 3.39. The number of nitrogen functional groups attached to an aromatic ring is 1. The van der Waals surface area contributed by atoms with Crippen LogP contribution in [0.25, 0.3) is 0 Å². The van der Waals surface area contributed by atoms with Gasteiger partial charge in [-0.05, 0) is 17.9 Å². The van der Waals surface area contributed by atoms with Gasteiger partial charge in [0.25, 0.3) is 0 Å². The fourth-order valence-electron chi connectivity index (χ4n) is 1.44. The van der Waals surface area contributed by atoms with Crippen molar-refractivity contribution in [3.63, 3.8) is 0 Å². The predicted octanol–water partition coefficient (Wildman–Crippen LogP) is 2.15. The van der Waals surface area contributed by atoms with Crippen LogP contribution in [-0.2, 0) is 0 Å². The summed E-state index contributed by atoms with van der Waals surface area (Å²) >= 11 is 1.71. The summed E-state index contributed by atoms with van der Waals surface area (Å²) in [5.41, 5.74) is 7.47. The first-order valence-electron chi connectivity index (χ1n) is 4.85. The monoisotopic (exact) mass is 223 g/mol. The molecule has 0 aliphatic carbocycles. The van der Waals surface area contributed by atoms with Crippen LogP contribution in [0.2, 0.25) is 0 Å². The number of benzene rings is 1. The van der Waals surface area contributed by atoms with Gasteiger partial charge in [0.15, 0.2) is 0 Å². The molecule has 0 bridgehead atoms. The summed E-state index contributed by atoms with van der Waals surface area (Å²) in [5.74, 6) is 1.12. The fraction of sp³-hybridized carbons (Fsp3) is 0.364. The molecule has 3 N–H and O–H groups in total. The zero-order valence-electron chi connectivity index (χ0n) is 9.37. The van der Waals surface area contributed by atoms with Crippen LogP contribution in [0.3, 0.4) is 0 Å². The Bertz CT molecular complexity index is 361. The van der Waals surface area contributed by atoms with Crippen LogP contribution in [0.4, 0.5) is 5.69 Å². The summed E-state index contributed by atoms with van der Waals surface area (Å²) in [5, 5.41) is 7.63. The number of nitrogens with zero attached hydrogens (tertiary/aromatic N) is 1. The molecule has 0 aliphatic heterocycles. The number of hydrogen-bond acceptors (Lipinski definition) is 3. The molecule has 4 heteroatoms. The second-order valence-corrected chi connectivity index (χ2v) is 4.70. The number of rotatable bonds is 4. The van der Waals surface area contributed by atoms with Gasteiger partial charge in [-0.25, -0.2) is 0 Å². The van der Waals surface area contributed by atoms with E-state index in [2.05, 4.69) is 6.92 Å². The molecule has 0 aromatic heterocycles. The standard InChI is InChI=1S/C11H17N3S/c1-4-15-9-7-5-6-8(14(2)3)10(9)11(12)13/h5-7H,4H2,1-3H3,(H3,12,13). The maximum Gasteiger partial charge on any atom is 0.126 e. The first kappa shape index (κ1) is 11.9. The topological polar surface area (TPSA) is 53.1 Å². The molecule has 82 valence electrons. The van der Waals surface area contributed by atoms with Crippen molar-refractivity contribution >= 4 is 23.3 Å². The minimum absolute atomic E-state index is 0.134. The Kier molecular flexibility index (Phi) is 4.03. The molecule has 1 aromatic rings. The fourth-order valence-corrected chi connectivity index (χ4v) is 2.28. The Hall–Kier alpha value is -1.16. The van der Waals surface area contributed by atoms with Crippen LogP contribution in [0.15, 0.2) is 23.1 Å². The zero-order valence-corrected chi connectivity index (χ0v) is 10.2. The summed E-state index contributed by atoms with van der Waals surface area (Å²) in [4.78, 5) is 3.06. The second kappa shape index (κ2) is 5.07. The number of amidine groups is 1. The molecule has 0 saturated carbocycles. The molecule has 0 amide bonds. The summed E-state index contributed by atoms with van der Waals surface area (Å²) < 4.78 is 0. The zero-order chi connectivity index (χ0) is 11.4. The molecule has 1 rings (SSSR count). The van der Waals surface area contributed by atoms with E-state index in [1.165, 1.54) is 0 Å². The minimum Gasteiger partial charge on any atom is -0.384 e. The Balaban J connectivity index is 3.28. The molecule has 3 nitrogen and oxygen atoms in total. The number of nitrogens with one attached hydrogen (secondary N) is 1. The van der Waals surface area contributed by atoms with E-state index in [0.29, 0.717) is 0 Å². The third kappa shape index (κ3) is 2.65. The molecular weight excluding hydrogens is 206 g/mol. The van der Waals surface area contributed by atoms with Gasteiger partial charge in [0, 0.05) is 24.7 Å². The molecule has 0 heterocycles. The molecule has 0 unspecified atom stereocenters. The highest BCUT2D eigenvalue weighted by molar-refractivity contribution is 7.99. The highest BCUT2D eigenvalue weighted by Crippen LogP contribution is 2.29. The average molecular weight is 223 g/mol. The van der Waals surface area contributed by atoms with Gasteiger partial charge < -0.3 is 10.6 Å². The van der Waals surface area contributed by atoms with Crippen molar-refractivity contribution in [2.45, 2.75) is 11.8 Å². The highest BCUT2D eigenvalue weighted by Gasteiger charge is 2.12. The van der Waals surface area contributed by atoms with Crippen molar-refractivity contribution < 1.29 is 0 Å². The van der Waals surface area contributed by atoms with E-state index in [1.807, 2.05) is 37.2 Å². The molecule has 15 heavy (non-hydrogen) atoms. The van der Waals surface area contributed by atoms with Crippen LogP contribution >= 0.6 is 11.8 Å². The lowest BCUT2D eigenvalue weighted by molar-refractivity contribution is 1.11. The minimum atomic E-state index is 0.134. The third-order valence-electron chi connectivity index (χ3n) is 2.06. The van der Waals surface area contributed by atoms with Crippen LogP contribution < -0.4 is 10.6 Å². The normalized spacial score (nSPS) is 10.1. The van der Waals surface area contributed by atoms with Crippen molar-refractivity contribution in [2.75, 3.05) is 24.7 Å². The van der Waals surface area contributed by atoms with Gasteiger partial charge in [-0.15, -0.1) is 11.8 Å². The van der Waals surface area contributed by atoms with E-state index in [4.69, 9.17) is 11.1 Å². The number of nitrogens with two attached hydrogens (primary N) is 1. The van der Waals surface area contributed by atoms with Crippen molar-refractivity contribution in [3.8, 4) is 0 Å². The summed E-state index contributed by atoms with van der Waals surface area (Å²) in [6, 6.07) is 5.99. The third-order valence-corrected chi connectivity index (χ3v) is 3.00. The van der Waals surface area contributed by atoms with Gasteiger partial charge >= 0.3 is 0 Å². The maximum atomic E-state index is 7.63. The molecule has 0 aliphatic rings. The lowest BCUT2D eigenvalue weighted by Gasteiger charge is -2.19. The van der Waals surface area contributed by atoms with Crippen molar-refractivity contribution in [2.24, 2.45) is 5.73 Å². The molecule has 0 radical (unpaired) electrons. The Labute approximate surface area is 95.2 Å². The summed E-state index contributed by atoms with van der Waals surface area (Å²) in [6.07, 6.45) is 0. The van der Waals surface area contributed by atoms with E-state index in [9.17, 15) is 0 Å². The molecule has 0 atom stereocenters. The summed E-state index contributed by atoms with van der Waals surface area (Å²) in [6.45, 7) is 2.09. The smallest absolute Gasteiger partial charge is 0.126 e. The summed E-state index contributed by atoms with van der Waals surface area (Å²) in [7, 11) is 3.92. The van der Waals surface area contributed by atoms with Crippen LogP contribution in [0, 0.1) is 5.41 Å². The van der Waals surface area contributed by atoms with E-state index < -0.39 is 0 Å². The first-order valence-corrected chi connectivity index (χ1v) is 5.84. The van der Waals surface area contributed by atoms with Crippen LogP contribution in [0.5, 0.6) is 0 Å². The van der Waals surface area contributed by atoms with Crippen LogP contribution in [-0.4, -0.2) is 25.7 Å². The quantitative estimate of drug-likeness (QED) is 0.467. The van der Waals surface area contributed by atoms with Gasteiger partial charge in [-0.1, -0.05) is 13.0 Å². The van der Waals surface area contributed by atoms with Gasteiger partial charge in [-0.2, -0.15) is 0 Å². The largest absolute Gasteiger partial charge is 0.384 e. The van der Waals surface area contributed by atoms with Crippen molar-refractivity contribution in [1.82, 2.24) is 0 Å². The lowest BCUT2D eigenvalue weighted by Crippen LogP contribution is -2.19. The number of hydrogen-bond donors (Lipinski definition) is 2. The predicted molar refractivity (Wildman–Crippen MR) is 68.2 cm³/mol. The van der Waals surface area contributed by atoms with E-state index in [0.717, 1.165) is 21.9 Å². The van der Waals surface area contributed by atoms with Gasteiger partial charge in [0.05, 0.1) is 5.56 Å². The van der Waals surface area contributed by atoms with E-state index in [1.54, 1.807) is 11.8 Å². The Morgan fingerprint density at radius 3 is 2.60 bits per heavy atom. The van der Waals surface area contributed by atoms with Gasteiger partial charge in [-0.3, -0.25) is 5.41 Å². The number of thioether (sulfide) groups is 1. The van der Waals surface area contributed by atoms with Crippen molar-refractivity contribution in [1.29, 1.82) is 5.41 Å². The highest BCUT2D eigenvalue weighted by atomic mass is 32.2. The van der Waals surface area contributed by atoms with E-state index >= 15 is 0 Å². The molecule has 0 saturated heterocycles. The SMILES string of the molecule is CCSc1cccc(N(C)C)c1C(=N)N. The van der Waals surface area contributed by atoms with Crippen molar-refractivity contribution in [3.05, 3.63) is 23.8 Å². The van der Waals surface area contributed by atoms with Gasteiger partial charge in [0.1, 0.15) is 5.84 Å². The Morgan fingerprint density at radius 2 is 2.13 bits per heavy atom. The molecule has 0 spiro atoms. The number of anilines is 1. The van der Waals surface area contributed by atoms with E-state index in [-0.39, 0.29) is 5.84 Å². The van der Waals surface area contributed by atoms with Crippen LogP contribution in [0.1, 0.15) is 12.5 Å². The maximum absolute atomic E-state index is 7.63. The molecular formula is C11H17N3S. The first-order chi connectivity index (χ1) is 7.07. The average Bonchev–Trinajstić information content (AvgIpc) is 2.17.